The molecule has 1 amide bonds. The molecule has 0 aliphatic carbocycles. The summed E-state index contributed by atoms with van der Waals surface area (Å²) in [4.78, 5) is 28.5. The summed E-state index contributed by atoms with van der Waals surface area (Å²) in [6.45, 7) is 2.49. The van der Waals surface area contributed by atoms with E-state index in [1.54, 1.807) is 6.07 Å². The average molecular weight is 402 g/mol. The Morgan fingerprint density at radius 2 is 1.73 bits per heavy atom. The summed E-state index contributed by atoms with van der Waals surface area (Å²) < 4.78 is 0. The fraction of sp³-hybridized carbons (Fsp3) is 0.227. The van der Waals surface area contributed by atoms with Gasteiger partial charge >= 0.3 is 0 Å². The van der Waals surface area contributed by atoms with Crippen LogP contribution in [-0.2, 0) is 17.6 Å². The number of nitrogens with zero attached hydrogens (tertiary/aromatic N) is 3. The average Bonchev–Trinajstić information content (AvgIpc) is 3.23. The highest BCUT2D eigenvalue weighted by atomic mass is 16.1. The van der Waals surface area contributed by atoms with Crippen LogP contribution in [-0.4, -0.2) is 37.8 Å². The molecule has 8 nitrogen and oxygen atoms in total. The fourth-order valence-electron chi connectivity index (χ4n) is 3.24. The lowest BCUT2D eigenvalue weighted by Gasteiger charge is -2.06. The zero-order chi connectivity index (χ0) is 20.9. The number of hydrogen-bond acceptors (Lipinski definition) is 5. The van der Waals surface area contributed by atoms with Crippen molar-refractivity contribution < 1.29 is 4.79 Å². The fourth-order valence-corrected chi connectivity index (χ4v) is 3.24. The first-order valence-corrected chi connectivity index (χ1v) is 9.81. The Labute approximate surface area is 172 Å². The van der Waals surface area contributed by atoms with Gasteiger partial charge in [0.05, 0.1) is 11.1 Å². The summed E-state index contributed by atoms with van der Waals surface area (Å²) in [5.74, 6) is 1.29. The Bertz CT molecular complexity index is 1230. The zero-order valence-electron chi connectivity index (χ0n) is 16.6. The lowest BCUT2D eigenvalue weighted by Crippen LogP contribution is -2.26. The van der Waals surface area contributed by atoms with E-state index in [-0.39, 0.29) is 17.9 Å². The van der Waals surface area contributed by atoms with Gasteiger partial charge in [0.2, 0.25) is 5.91 Å². The Kier molecular flexibility index (Phi) is 5.65. The Morgan fingerprint density at radius 1 is 0.967 bits per heavy atom. The lowest BCUT2D eigenvalue weighted by molar-refractivity contribution is -0.121. The van der Waals surface area contributed by atoms with Crippen LogP contribution in [0.2, 0.25) is 0 Å². The second kappa shape index (κ2) is 8.69. The van der Waals surface area contributed by atoms with Gasteiger partial charge in [-0.1, -0.05) is 48.0 Å². The van der Waals surface area contributed by atoms with E-state index in [4.69, 9.17) is 0 Å². The van der Waals surface area contributed by atoms with Crippen molar-refractivity contribution in [3.8, 4) is 11.4 Å². The molecular formula is C22H22N6O2. The molecule has 2 heterocycles. The van der Waals surface area contributed by atoms with Crippen molar-refractivity contribution in [3.05, 3.63) is 76.0 Å². The molecule has 0 fully saturated rings. The highest BCUT2D eigenvalue weighted by Crippen LogP contribution is 2.15. The van der Waals surface area contributed by atoms with E-state index in [2.05, 4.69) is 30.7 Å². The SMILES string of the molecule is Cc1ccc(-c2n[nH]c(CCNC(=O)CCc3n[nH]c(=O)c4ccccc34)n2)cc1. The van der Waals surface area contributed by atoms with Gasteiger partial charge in [0.25, 0.3) is 5.56 Å². The summed E-state index contributed by atoms with van der Waals surface area (Å²) in [7, 11) is 0. The van der Waals surface area contributed by atoms with E-state index in [0.717, 1.165) is 16.8 Å². The van der Waals surface area contributed by atoms with E-state index in [9.17, 15) is 9.59 Å². The van der Waals surface area contributed by atoms with Gasteiger partial charge in [-0.3, -0.25) is 14.7 Å². The highest BCUT2D eigenvalue weighted by Gasteiger charge is 2.10. The minimum Gasteiger partial charge on any atom is -0.356 e. The quantitative estimate of drug-likeness (QED) is 0.439. The molecule has 2 aromatic heterocycles. The molecule has 0 saturated carbocycles. The molecule has 0 saturated heterocycles. The minimum atomic E-state index is -0.226. The largest absolute Gasteiger partial charge is 0.356 e. The molecule has 4 aromatic rings. The second-order valence-corrected chi connectivity index (χ2v) is 7.12. The molecule has 0 aliphatic rings. The van der Waals surface area contributed by atoms with Gasteiger partial charge < -0.3 is 5.32 Å². The molecule has 0 bridgehead atoms. The Hall–Kier alpha value is -3.81. The molecule has 0 aliphatic heterocycles. The van der Waals surface area contributed by atoms with Crippen molar-refractivity contribution in [1.29, 1.82) is 0 Å². The van der Waals surface area contributed by atoms with Crippen LogP contribution >= 0.6 is 0 Å². The van der Waals surface area contributed by atoms with Gasteiger partial charge in [0.1, 0.15) is 5.82 Å². The van der Waals surface area contributed by atoms with Gasteiger partial charge in [-0.15, -0.1) is 0 Å². The number of rotatable bonds is 7. The third kappa shape index (κ3) is 4.43. The van der Waals surface area contributed by atoms with Crippen molar-refractivity contribution in [1.82, 2.24) is 30.7 Å². The van der Waals surface area contributed by atoms with E-state index in [1.165, 1.54) is 5.56 Å². The second-order valence-electron chi connectivity index (χ2n) is 7.12. The minimum absolute atomic E-state index is 0.0784. The molecule has 0 radical (unpaired) electrons. The van der Waals surface area contributed by atoms with Crippen LogP contribution in [0.25, 0.3) is 22.2 Å². The highest BCUT2D eigenvalue weighted by molar-refractivity contribution is 5.84. The van der Waals surface area contributed by atoms with Crippen LogP contribution in [0.3, 0.4) is 0 Å². The number of nitrogens with one attached hydrogen (secondary N) is 3. The molecule has 30 heavy (non-hydrogen) atoms. The summed E-state index contributed by atoms with van der Waals surface area (Å²) in [5, 5.41) is 18.0. The monoisotopic (exact) mass is 402 g/mol. The smallest absolute Gasteiger partial charge is 0.272 e. The first-order valence-electron chi connectivity index (χ1n) is 9.81. The van der Waals surface area contributed by atoms with Crippen LogP contribution in [0.5, 0.6) is 0 Å². The van der Waals surface area contributed by atoms with E-state index in [0.29, 0.717) is 36.3 Å². The third-order valence-electron chi connectivity index (χ3n) is 4.89. The molecule has 0 spiro atoms. The van der Waals surface area contributed by atoms with E-state index < -0.39 is 0 Å². The predicted octanol–water partition coefficient (Wildman–Crippen LogP) is 2.31. The van der Waals surface area contributed by atoms with E-state index >= 15 is 0 Å². The third-order valence-corrected chi connectivity index (χ3v) is 4.89. The summed E-state index contributed by atoms with van der Waals surface area (Å²) in [6, 6.07) is 15.3. The number of benzene rings is 2. The number of H-pyrrole nitrogens is 2. The van der Waals surface area contributed by atoms with Crippen LogP contribution in [0, 0.1) is 6.92 Å². The van der Waals surface area contributed by atoms with Crippen molar-refractivity contribution in [2.75, 3.05) is 6.54 Å². The van der Waals surface area contributed by atoms with Crippen molar-refractivity contribution in [3.63, 3.8) is 0 Å². The number of aryl methyl sites for hydroxylation is 2. The molecule has 3 N–H and O–H groups in total. The lowest BCUT2D eigenvalue weighted by atomic mass is 10.1. The number of fused-ring (bicyclic) bond motifs is 1. The molecule has 0 atom stereocenters. The van der Waals surface area contributed by atoms with Crippen LogP contribution < -0.4 is 10.9 Å². The normalized spacial score (nSPS) is 11.0. The summed E-state index contributed by atoms with van der Waals surface area (Å²) in [5.41, 5.74) is 2.62. The van der Waals surface area contributed by atoms with E-state index in [1.807, 2.05) is 49.4 Å². The van der Waals surface area contributed by atoms with Crippen LogP contribution in [0.15, 0.2) is 53.3 Å². The first kappa shape index (κ1) is 19.5. The molecule has 2 aromatic carbocycles. The molecule has 0 unspecified atom stereocenters. The van der Waals surface area contributed by atoms with Gasteiger partial charge in [-0.25, -0.2) is 10.1 Å². The predicted molar refractivity (Wildman–Crippen MR) is 114 cm³/mol. The summed E-state index contributed by atoms with van der Waals surface area (Å²) >= 11 is 0. The van der Waals surface area contributed by atoms with Crippen molar-refractivity contribution in [2.24, 2.45) is 0 Å². The van der Waals surface area contributed by atoms with Gasteiger partial charge in [-0.2, -0.15) is 10.2 Å². The molecular weight excluding hydrogens is 380 g/mol. The Morgan fingerprint density at radius 3 is 2.53 bits per heavy atom. The maximum absolute atomic E-state index is 12.2. The van der Waals surface area contributed by atoms with Gasteiger partial charge in [-0.05, 0) is 13.0 Å². The van der Waals surface area contributed by atoms with Gasteiger partial charge in [0.15, 0.2) is 5.82 Å². The van der Waals surface area contributed by atoms with Crippen molar-refractivity contribution in [2.45, 2.75) is 26.2 Å². The first-order chi connectivity index (χ1) is 14.6. The zero-order valence-corrected chi connectivity index (χ0v) is 16.6. The standard InChI is InChI=1S/C22H22N6O2/c1-14-6-8-15(9-7-14)21-24-19(26-27-21)12-13-23-20(29)11-10-18-16-4-2-3-5-17(16)22(30)28-25-18/h2-9H,10-13H2,1H3,(H,23,29)(H,28,30)(H,24,26,27). The molecule has 8 heteroatoms. The number of carbonyl (C=O) groups is 1. The number of carbonyl (C=O) groups excluding carboxylic acids is 1. The van der Waals surface area contributed by atoms with Crippen LogP contribution in [0.1, 0.15) is 23.5 Å². The molecule has 152 valence electrons. The maximum atomic E-state index is 12.2. The number of hydrogen-bond donors (Lipinski definition) is 3. The number of aromatic nitrogens is 5. The molecule has 4 rings (SSSR count). The number of amides is 1. The maximum Gasteiger partial charge on any atom is 0.272 e. The summed E-state index contributed by atoms with van der Waals surface area (Å²) in [6.07, 6.45) is 1.29. The topological polar surface area (TPSA) is 116 Å². The van der Waals surface area contributed by atoms with Gasteiger partial charge in [0, 0.05) is 36.8 Å². The van der Waals surface area contributed by atoms with Crippen LogP contribution in [0.4, 0.5) is 0 Å². The Balaban J connectivity index is 1.28. The number of aromatic amines is 2. The van der Waals surface area contributed by atoms with Crippen molar-refractivity contribution >= 4 is 16.7 Å².